The number of nitrogens with zero attached hydrogens (tertiary/aromatic N) is 1. The molecule has 1 heterocycles. The maximum atomic E-state index is 12.6. The second kappa shape index (κ2) is 5.70. The normalized spacial score (nSPS) is 12.9. The zero-order valence-electron chi connectivity index (χ0n) is 9.12. The molecule has 0 aromatic carbocycles. The van der Waals surface area contributed by atoms with Crippen molar-refractivity contribution in [2.75, 3.05) is 0 Å². The highest BCUT2D eigenvalue weighted by Gasteiger charge is 2.43. The lowest BCUT2D eigenvalue weighted by Gasteiger charge is -2.18. The molecule has 0 aliphatic carbocycles. The summed E-state index contributed by atoms with van der Waals surface area (Å²) in [6.45, 7) is 0. The van der Waals surface area contributed by atoms with E-state index in [1.165, 1.54) is 0 Å². The first-order valence-corrected chi connectivity index (χ1v) is 5.78. The zero-order valence-corrected chi connectivity index (χ0v) is 10.7. The summed E-state index contributed by atoms with van der Waals surface area (Å²) in [6.07, 6.45) is -14.2. The Bertz CT molecular complexity index is 484. The van der Waals surface area contributed by atoms with E-state index in [4.69, 9.17) is 0 Å². The third-order valence-corrected chi connectivity index (χ3v) is 2.53. The quantitative estimate of drug-likeness (QED) is 0.559. The van der Waals surface area contributed by atoms with E-state index in [0.717, 1.165) is 0 Å². The van der Waals surface area contributed by atoms with E-state index < -0.39 is 47.0 Å². The van der Waals surface area contributed by atoms with Crippen molar-refractivity contribution in [3.63, 3.8) is 0 Å². The Morgan fingerprint density at radius 1 is 1.15 bits per heavy atom. The molecule has 0 aliphatic rings. The molecule has 0 N–H and O–H groups in total. The third kappa shape index (κ3) is 4.18. The second-order valence-corrected chi connectivity index (χ2v) is 3.92. The molecule has 1 aromatic rings. The molecule has 20 heavy (non-hydrogen) atoms. The number of aromatic nitrogens is 1. The SMILES string of the molecule is FC(F)c1cc(CBr)c(OC(F)(F)F)c(C(F)(F)F)n1. The zero-order chi connectivity index (χ0) is 15.7. The van der Waals surface area contributed by atoms with Gasteiger partial charge in [0.15, 0.2) is 11.4 Å². The lowest BCUT2D eigenvalue weighted by atomic mass is 10.1. The van der Waals surface area contributed by atoms with Crippen molar-refractivity contribution in [3.8, 4) is 5.75 Å². The first-order valence-electron chi connectivity index (χ1n) is 4.66. The summed E-state index contributed by atoms with van der Waals surface area (Å²) in [5.74, 6) is -1.65. The minimum atomic E-state index is -5.41. The first kappa shape index (κ1) is 16.9. The van der Waals surface area contributed by atoms with Gasteiger partial charge in [0.25, 0.3) is 6.43 Å². The van der Waals surface area contributed by atoms with E-state index >= 15 is 0 Å². The van der Waals surface area contributed by atoms with Gasteiger partial charge in [-0.25, -0.2) is 13.8 Å². The van der Waals surface area contributed by atoms with Crippen LogP contribution in [-0.4, -0.2) is 11.3 Å². The molecule has 0 fully saturated rings. The van der Waals surface area contributed by atoms with Gasteiger partial charge in [-0.15, -0.1) is 13.2 Å². The van der Waals surface area contributed by atoms with Gasteiger partial charge in [0, 0.05) is 10.9 Å². The molecule has 0 aliphatic heterocycles. The van der Waals surface area contributed by atoms with Crippen LogP contribution in [0.4, 0.5) is 35.1 Å². The summed E-state index contributed by atoms with van der Waals surface area (Å²) in [5.41, 5.74) is -4.18. The molecule has 11 heteroatoms. The van der Waals surface area contributed by atoms with Crippen molar-refractivity contribution in [1.29, 1.82) is 0 Å². The van der Waals surface area contributed by atoms with Crippen LogP contribution in [0.2, 0.25) is 0 Å². The van der Waals surface area contributed by atoms with Crippen molar-refractivity contribution in [2.45, 2.75) is 24.3 Å². The van der Waals surface area contributed by atoms with Crippen LogP contribution in [0.3, 0.4) is 0 Å². The number of rotatable bonds is 3. The van der Waals surface area contributed by atoms with E-state index in [9.17, 15) is 35.1 Å². The number of hydrogen-bond donors (Lipinski definition) is 0. The number of alkyl halides is 9. The summed E-state index contributed by atoms with van der Waals surface area (Å²) < 4.78 is 102. The van der Waals surface area contributed by atoms with Crippen LogP contribution in [0.15, 0.2) is 6.07 Å². The molecule has 0 amide bonds. The molecule has 0 atom stereocenters. The fourth-order valence-electron chi connectivity index (χ4n) is 1.24. The Balaban J connectivity index is 3.53. The van der Waals surface area contributed by atoms with Gasteiger partial charge in [-0.2, -0.15) is 13.2 Å². The van der Waals surface area contributed by atoms with Gasteiger partial charge in [-0.05, 0) is 6.07 Å². The number of halogens is 9. The maximum Gasteiger partial charge on any atom is 0.573 e. The molecular weight excluding hydrogens is 370 g/mol. The monoisotopic (exact) mass is 373 g/mol. The van der Waals surface area contributed by atoms with Crippen molar-refractivity contribution < 1.29 is 39.9 Å². The third-order valence-electron chi connectivity index (χ3n) is 1.92. The fraction of sp³-hybridized carbons (Fsp3) is 0.444. The topological polar surface area (TPSA) is 22.1 Å². The van der Waals surface area contributed by atoms with Gasteiger partial charge in [0.2, 0.25) is 0 Å². The number of pyridine rings is 1. The summed E-state index contributed by atoms with van der Waals surface area (Å²) in [7, 11) is 0. The fourth-order valence-corrected chi connectivity index (χ4v) is 1.66. The summed E-state index contributed by atoms with van der Waals surface area (Å²) in [5, 5.41) is -0.552. The van der Waals surface area contributed by atoms with Crippen molar-refractivity contribution in [3.05, 3.63) is 23.0 Å². The molecule has 0 radical (unpaired) electrons. The van der Waals surface area contributed by atoms with Crippen molar-refractivity contribution >= 4 is 15.9 Å². The molecule has 0 unspecified atom stereocenters. The van der Waals surface area contributed by atoms with Crippen LogP contribution in [0.1, 0.15) is 23.4 Å². The minimum Gasteiger partial charge on any atom is -0.403 e. The highest BCUT2D eigenvalue weighted by Crippen LogP contribution is 2.41. The molecule has 114 valence electrons. The van der Waals surface area contributed by atoms with Crippen LogP contribution in [0.25, 0.3) is 0 Å². The highest BCUT2D eigenvalue weighted by molar-refractivity contribution is 9.08. The number of ether oxygens (including phenoxy) is 1. The van der Waals surface area contributed by atoms with Gasteiger partial charge >= 0.3 is 12.5 Å². The summed E-state index contributed by atoms with van der Waals surface area (Å²) in [4.78, 5) is 2.52. The Kier molecular flexibility index (Phi) is 4.82. The number of hydrogen-bond acceptors (Lipinski definition) is 2. The van der Waals surface area contributed by atoms with Crippen LogP contribution >= 0.6 is 15.9 Å². The predicted octanol–water partition coefficient (Wildman–Crippen LogP) is 4.83. The van der Waals surface area contributed by atoms with E-state index in [0.29, 0.717) is 6.07 Å². The second-order valence-electron chi connectivity index (χ2n) is 3.36. The summed E-state index contributed by atoms with van der Waals surface area (Å²) in [6, 6.07) is 0.412. The van der Waals surface area contributed by atoms with E-state index in [2.05, 4.69) is 25.7 Å². The summed E-state index contributed by atoms with van der Waals surface area (Å²) >= 11 is 2.61. The van der Waals surface area contributed by atoms with E-state index in [-0.39, 0.29) is 0 Å². The lowest BCUT2D eigenvalue weighted by Crippen LogP contribution is -2.22. The van der Waals surface area contributed by atoms with Crippen LogP contribution in [-0.2, 0) is 11.5 Å². The van der Waals surface area contributed by atoms with Gasteiger partial charge < -0.3 is 4.74 Å². The molecule has 1 rings (SSSR count). The van der Waals surface area contributed by atoms with Crippen LogP contribution < -0.4 is 4.74 Å². The van der Waals surface area contributed by atoms with Gasteiger partial charge in [-0.1, -0.05) is 15.9 Å². The Labute approximate surface area is 114 Å². The molecule has 0 saturated carbocycles. The smallest absolute Gasteiger partial charge is 0.403 e. The van der Waals surface area contributed by atoms with E-state index in [1.807, 2.05) is 0 Å². The first-order chi connectivity index (χ1) is 8.95. The molecule has 0 bridgehead atoms. The van der Waals surface area contributed by atoms with Crippen LogP contribution in [0, 0.1) is 0 Å². The largest absolute Gasteiger partial charge is 0.573 e. The predicted molar refractivity (Wildman–Crippen MR) is 53.5 cm³/mol. The Hall–Kier alpha value is -1.13. The molecule has 1 aromatic heterocycles. The molecule has 0 saturated heterocycles. The Morgan fingerprint density at radius 3 is 2.05 bits per heavy atom. The van der Waals surface area contributed by atoms with Crippen molar-refractivity contribution in [2.24, 2.45) is 0 Å². The van der Waals surface area contributed by atoms with Crippen LogP contribution in [0.5, 0.6) is 5.75 Å². The highest BCUT2D eigenvalue weighted by atomic mass is 79.9. The van der Waals surface area contributed by atoms with Gasteiger partial charge in [0.1, 0.15) is 5.69 Å². The molecule has 0 spiro atoms. The van der Waals surface area contributed by atoms with Gasteiger partial charge in [-0.3, -0.25) is 0 Å². The molecular formula is C9H4BrF8NO. The van der Waals surface area contributed by atoms with E-state index in [1.54, 1.807) is 0 Å². The molecule has 2 nitrogen and oxygen atoms in total. The maximum absolute atomic E-state index is 12.6. The minimum absolute atomic E-state index is 0.412. The lowest BCUT2D eigenvalue weighted by molar-refractivity contribution is -0.276. The average Bonchev–Trinajstić information content (AvgIpc) is 2.25. The average molecular weight is 374 g/mol. The van der Waals surface area contributed by atoms with Crippen molar-refractivity contribution in [1.82, 2.24) is 4.98 Å². The Morgan fingerprint density at radius 2 is 1.70 bits per heavy atom. The van der Waals surface area contributed by atoms with Gasteiger partial charge in [0.05, 0.1) is 0 Å². The standard InChI is InChI=1S/C9H4BrF8NO/c10-2-3-1-4(7(11)12)19-6(8(13,14)15)5(3)20-9(16,17)18/h1,7H,2H2.